The Hall–Kier alpha value is -2.64. The molecule has 1 rings (SSSR count). The summed E-state index contributed by atoms with van der Waals surface area (Å²) < 4.78 is 40.5. The minimum atomic E-state index is -1.71. The van der Waals surface area contributed by atoms with Crippen LogP contribution in [0.1, 0.15) is 15.9 Å². The molecule has 5 nitrogen and oxygen atoms in total. The number of allylic oxidation sites excluding steroid dienone is 2. The third-order valence-electron chi connectivity index (χ3n) is 2.17. The Balaban J connectivity index is 3.45. The number of amides is 1. The second-order valence-electron chi connectivity index (χ2n) is 3.56. The smallest absolute Gasteiger partial charge is 0.254 e. The van der Waals surface area contributed by atoms with E-state index < -0.39 is 34.5 Å². The highest BCUT2D eigenvalue weighted by Crippen LogP contribution is 2.23. The fraction of sp³-hybridized carbons (Fsp3) is 0. The van der Waals surface area contributed by atoms with Gasteiger partial charge in [0.15, 0.2) is 11.6 Å². The summed E-state index contributed by atoms with van der Waals surface area (Å²) in [6.45, 7) is 0. The minimum absolute atomic E-state index is 0.127. The maximum atomic E-state index is 13.6. The lowest BCUT2D eigenvalue weighted by molar-refractivity contribution is 0.0991. The van der Waals surface area contributed by atoms with Crippen molar-refractivity contribution in [3.8, 4) is 0 Å². The Kier molecular flexibility index (Phi) is 4.05. The largest absolute Gasteiger partial charge is 0.398 e. The van der Waals surface area contributed by atoms with Crippen LogP contribution in [0.4, 0.5) is 13.2 Å². The van der Waals surface area contributed by atoms with Crippen LogP contribution >= 0.6 is 0 Å². The molecule has 0 saturated carbocycles. The summed E-state index contributed by atoms with van der Waals surface area (Å²) in [7, 11) is 0. The normalized spacial score (nSPS) is 11.2. The highest BCUT2D eigenvalue weighted by atomic mass is 19.2. The van der Waals surface area contributed by atoms with Gasteiger partial charge in [-0.3, -0.25) is 4.79 Å². The zero-order valence-electron chi connectivity index (χ0n) is 9.58. The molecule has 0 aromatic heterocycles. The number of hydrogen-bond donors (Lipinski definition) is 4. The third kappa shape index (κ3) is 2.97. The van der Waals surface area contributed by atoms with Gasteiger partial charge in [-0.05, 0) is 18.2 Å². The van der Waals surface area contributed by atoms with Crippen LogP contribution < -0.4 is 22.9 Å². The van der Waals surface area contributed by atoms with Gasteiger partial charge in [-0.1, -0.05) is 0 Å². The van der Waals surface area contributed by atoms with Crippen LogP contribution in [0.3, 0.4) is 0 Å². The lowest BCUT2D eigenvalue weighted by Crippen LogP contribution is -2.18. The number of primary amides is 1. The first-order valence-electron chi connectivity index (χ1n) is 4.91. The molecule has 0 spiro atoms. The van der Waals surface area contributed by atoms with Crippen LogP contribution in [0.25, 0.3) is 5.70 Å². The SMILES string of the molecule is NC(=O)c1c(F)cc(/C(N)=C/C=C(N)N)c(F)c1F. The van der Waals surface area contributed by atoms with Crippen molar-refractivity contribution >= 4 is 11.6 Å². The standard InChI is InChI=1S/C11H11F3N4O/c12-5-3-4(6(15)1-2-7(16)17)9(13)10(14)8(5)11(18)19/h1-3H,15-17H2,(H2,18,19)/b6-1-. The summed E-state index contributed by atoms with van der Waals surface area (Å²) in [5.41, 5.74) is 18.3. The molecule has 0 fully saturated rings. The summed E-state index contributed by atoms with van der Waals surface area (Å²) in [6.07, 6.45) is 2.18. The van der Waals surface area contributed by atoms with Crippen molar-refractivity contribution in [1.29, 1.82) is 0 Å². The zero-order valence-corrected chi connectivity index (χ0v) is 9.58. The fourth-order valence-electron chi connectivity index (χ4n) is 1.31. The van der Waals surface area contributed by atoms with Crippen LogP contribution in [0.15, 0.2) is 24.0 Å². The fourth-order valence-corrected chi connectivity index (χ4v) is 1.31. The Morgan fingerprint density at radius 1 is 1.00 bits per heavy atom. The molecule has 19 heavy (non-hydrogen) atoms. The average molecular weight is 272 g/mol. The highest BCUT2D eigenvalue weighted by Gasteiger charge is 2.23. The molecule has 8 N–H and O–H groups in total. The summed E-state index contributed by atoms with van der Waals surface area (Å²) in [5.74, 6) is -6.06. The number of carbonyl (C=O) groups is 1. The molecule has 0 bridgehead atoms. The predicted octanol–water partition coefficient (Wildman–Crippen LogP) is 0.261. The molecule has 0 aliphatic rings. The summed E-state index contributed by atoms with van der Waals surface area (Å²) in [5, 5.41) is 0. The average Bonchev–Trinajstić information content (AvgIpc) is 2.30. The van der Waals surface area contributed by atoms with Crippen molar-refractivity contribution in [2.45, 2.75) is 0 Å². The van der Waals surface area contributed by atoms with E-state index in [9.17, 15) is 18.0 Å². The van der Waals surface area contributed by atoms with Gasteiger partial charge in [-0.25, -0.2) is 13.2 Å². The molecule has 0 aliphatic heterocycles. The molecule has 0 radical (unpaired) electrons. The van der Waals surface area contributed by atoms with E-state index in [1.165, 1.54) is 0 Å². The van der Waals surface area contributed by atoms with E-state index in [0.717, 1.165) is 12.2 Å². The number of benzene rings is 1. The molecule has 0 heterocycles. The number of halogens is 3. The van der Waals surface area contributed by atoms with E-state index >= 15 is 0 Å². The first-order chi connectivity index (χ1) is 8.75. The topological polar surface area (TPSA) is 121 Å². The number of rotatable bonds is 3. The van der Waals surface area contributed by atoms with Gasteiger partial charge in [-0.15, -0.1) is 0 Å². The number of hydrogen-bond acceptors (Lipinski definition) is 4. The molecule has 0 atom stereocenters. The second-order valence-corrected chi connectivity index (χ2v) is 3.56. The van der Waals surface area contributed by atoms with Gasteiger partial charge in [0.2, 0.25) is 0 Å². The van der Waals surface area contributed by atoms with Crippen LogP contribution in [-0.4, -0.2) is 5.91 Å². The van der Waals surface area contributed by atoms with E-state index in [0.29, 0.717) is 6.07 Å². The maximum absolute atomic E-state index is 13.6. The van der Waals surface area contributed by atoms with Crippen LogP contribution in [0.5, 0.6) is 0 Å². The Bertz CT molecular complexity index is 592. The minimum Gasteiger partial charge on any atom is -0.398 e. The van der Waals surface area contributed by atoms with Crippen molar-refractivity contribution in [2.75, 3.05) is 0 Å². The molecule has 102 valence electrons. The molecule has 0 unspecified atom stereocenters. The molecule has 0 aliphatic carbocycles. The van der Waals surface area contributed by atoms with Gasteiger partial charge in [0.05, 0.1) is 5.82 Å². The van der Waals surface area contributed by atoms with Crippen molar-refractivity contribution in [1.82, 2.24) is 0 Å². The summed E-state index contributed by atoms with van der Waals surface area (Å²) >= 11 is 0. The molecule has 1 aromatic carbocycles. The first-order valence-corrected chi connectivity index (χ1v) is 4.91. The summed E-state index contributed by atoms with van der Waals surface area (Å²) in [4.78, 5) is 10.8. The van der Waals surface area contributed by atoms with Crippen LogP contribution in [0.2, 0.25) is 0 Å². The highest BCUT2D eigenvalue weighted by molar-refractivity contribution is 5.93. The van der Waals surface area contributed by atoms with Crippen molar-refractivity contribution < 1.29 is 18.0 Å². The summed E-state index contributed by atoms with van der Waals surface area (Å²) in [6, 6.07) is 0.560. The van der Waals surface area contributed by atoms with Gasteiger partial charge in [-0.2, -0.15) is 0 Å². The second kappa shape index (κ2) is 5.34. The number of carbonyl (C=O) groups excluding carboxylic acids is 1. The Morgan fingerprint density at radius 2 is 1.58 bits per heavy atom. The maximum Gasteiger partial charge on any atom is 0.254 e. The van der Waals surface area contributed by atoms with Crippen LogP contribution in [-0.2, 0) is 0 Å². The van der Waals surface area contributed by atoms with Crippen molar-refractivity contribution in [3.63, 3.8) is 0 Å². The zero-order chi connectivity index (χ0) is 14.7. The van der Waals surface area contributed by atoms with Gasteiger partial charge in [0.1, 0.15) is 11.4 Å². The number of nitrogens with two attached hydrogens (primary N) is 4. The Labute approximate surface area is 106 Å². The quantitative estimate of drug-likeness (QED) is 0.465. The van der Waals surface area contributed by atoms with Crippen LogP contribution in [0, 0.1) is 17.5 Å². The van der Waals surface area contributed by atoms with E-state index in [-0.39, 0.29) is 11.5 Å². The third-order valence-corrected chi connectivity index (χ3v) is 2.17. The Morgan fingerprint density at radius 3 is 2.05 bits per heavy atom. The van der Waals surface area contributed by atoms with E-state index in [1.807, 2.05) is 0 Å². The molecular weight excluding hydrogens is 261 g/mol. The van der Waals surface area contributed by atoms with Crippen molar-refractivity contribution in [3.05, 3.63) is 52.6 Å². The van der Waals surface area contributed by atoms with Crippen molar-refractivity contribution in [2.24, 2.45) is 22.9 Å². The molecular formula is C11H11F3N4O. The van der Waals surface area contributed by atoms with Gasteiger partial charge in [0.25, 0.3) is 5.91 Å². The predicted molar refractivity (Wildman–Crippen MR) is 63.5 cm³/mol. The van der Waals surface area contributed by atoms with E-state index in [4.69, 9.17) is 22.9 Å². The van der Waals surface area contributed by atoms with Gasteiger partial charge in [0, 0.05) is 11.3 Å². The lowest BCUT2D eigenvalue weighted by atomic mass is 10.1. The van der Waals surface area contributed by atoms with Gasteiger partial charge >= 0.3 is 0 Å². The molecule has 1 amide bonds. The monoisotopic (exact) mass is 272 g/mol. The lowest BCUT2D eigenvalue weighted by Gasteiger charge is -2.08. The van der Waals surface area contributed by atoms with Gasteiger partial charge < -0.3 is 22.9 Å². The van der Waals surface area contributed by atoms with E-state index in [2.05, 4.69) is 0 Å². The first kappa shape index (κ1) is 14.4. The van der Waals surface area contributed by atoms with E-state index in [1.54, 1.807) is 0 Å². The molecule has 8 heteroatoms. The molecule has 1 aromatic rings. The molecule has 0 saturated heterocycles.